The van der Waals surface area contributed by atoms with E-state index < -0.39 is 0 Å². The van der Waals surface area contributed by atoms with E-state index in [1.54, 1.807) is 12.1 Å². The van der Waals surface area contributed by atoms with Crippen molar-refractivity contribution in [2.45, 2.75) is 18.9 Å². The lowest BCUT2D eigenvalue weighted by Gasteiger charge is -2.29. The smallest absolute Gasteiger partial charge is 0.253 e. The Hall–Kier alpha value is -1.66. The van der Waals surface area contributed by atoms with E-state index in [-0.39, 0.29) is 11.9 Å². The zero-order chi connectivity index (χ0) is 13.0. The summed E-state index contributed by atoms with van der Waals surface area (Å²) >= 11 is 0. The molecule has 98 valence electrons. The predicted molar refractivity (Wildman–Crippen MR) is 70.0 cm³/mol. The minimum absolute atomic E-state index is 0.0689. The lowest BCUT2D eigenvalue weighted by molar-refractivity contribution is 0.0916. The number of nitrogens with one attached hydrogen (secondary N) is 2. The van der Waals surface area contributed by atoms with E-state index >= 15 is 0 Å². The summed E-state index contributed by atoms with van der Waals surface area (Å²) < 4.78 is 0. The van der Waals surface area contributed by atoms with E-state index in [1.807, 2.05) is 0 Å². The summed E-state index contributed by atoms with van der Waals surface area (Å²) in [5, 5.41) is 3.04. The highest BCUT2D eigenvalue weighted by Gasteiger charge is 2.19. The number of hydrogen-bond acceptors (Lipinski definition) is 5. The molecule has 1 aliphatic rings. The summed E-state index contributed by atoms with van der Waals surface area (Å²) in [6, 6.07) is 3.66. The highest BCUT2D eigenvalue weighted by molar-refractivity contribution is 5.94. The number of piperidine rings is 1. The first-order chi connectivity index (χ1) is 8.69. The fourth-order valence-electron chi connectivity index (χ4n) is 2.04. The highest BCUT2D eigenvalue weighted by Crippen LogP contribution is 2.10. The molecule has 0 saturated carbocycles. The number of nitrogens with two attached hydrogens (primary N) is 1. The fourth-order valence-corrected chi connectivity index (χ4v) is 2.04. The van der Waals surface area contributed by atoms with Crippen molar-refractivity contribution < 1.29 is 4.79 Å². The molecular weight excluding hydrogens is 230 g/mol. The number of aromatic nitrogens is 1. The van der Waals surface area contributed by atoms with E-state index in [2.05, 4.69) is 27.7 Å². The fraction of sp³-hybridized carbons (Fsp3) is 0.500. The van der Waals surface area contributed by atoms with Gasteiger partial charge >= 0.3 is 0 Å². The number of hydrogen-bond donors (Lipinski definition) is 3. The molecule has 0 radical (unpaired) electrons. The molecule has 0 spiro atoms. The molecule has 0 aliphatic carbocycles. The van der Waals surface area contributed by atoms with Gasteiger partial charge in [-0.3, -0.25) is 4.79 Å². The Kier molecular flexibility index (Phi) is 4.11. The number of nitrogen functional groups attached to an aromatic ring is 1. The van der Waals surface area contributed by atoms with Crippen molar-refractivity contribution in [2.75, 3.05) is 25.6 Å². The molecule has 0 atom stereocenters. The number of anilines is 1. The number of amides is 1. The van der Waals surface area contributed by atoms with Gasteiger partial charge in [-0.05, 0) is 45.1 Å². The Morgan fingerprint density at radius 2 is 2.17 bits per heavy atom. The van der Waals surface area contributed by atoms with Crippen molar-refractivity contribution in [1.82, 2.24) is 15.2 Å². The van der Waals surface area contributed by atoms with Gasteiger partial charge in [0.2, 0.25) is 0 Å². The first kappa shape index (κ1) is 12.8. The van der Waals surface area contributed by atoms with Gasteiger partial charge in [0.05, 0.1) is 5.56 Å². The van der Waals surface area contributed by atoms with Crippen LogP contribution in [0.25, 0.3) is 0 Å². The van der Waals surface area contributed by atoms with Crippen LogP contribution >= 0.6 is 0 Å². The zero-order valence-corrected chi connectivity index (χ0v) is 10.5. The molecule has 1 aromatic heterocycles. The second-order valence-corrected chi connectivity index (χ2v) is 4.63. The standard InChI is InChI=1S/C12H19N5O/c1-17-6-4-10(5-7-17)15-12(18)9-2-3-11(16-13)14-8-9/h2-3,8,10H,4-7,13H2,1H3,(H,14,16)(H,15,18). The minimum Gasteiger partial charge on any atom is -0.349 e. The molecular formula is C12H19N5O. The third kappa shape index (κ3) is 3.18. The van der Waals surface area contributed by atoms with Crippen LogP contribution in [0.2, 0.25) is 0 Å². The Labute approximate surface area is 107 Å². The van der Waals surface area contributed by atoms with Crippen LogP contribution in [-0.2, 0) is 0 Å². The number of hydrazine groups is 1. The van der Waals surface area contributed by atoms with Crippen molar-refractivity contribution in [3.05, 3.63) is 23.9 Å². The average molecular weight is 249 g/mol. The summed E-state index contributed by atoms with van der Waals surface area (Å²) in [7, 11) is 2.10. The van der Waals surface area contributed by atoms with E-state index in [1.165, 1.54) is 6.20 Å². The Morgan fingerprint density at radius 1 is 1.44 bits per heavy atom. The molecule has 1 fully saturated rings. The van der Waals surface area contributed by atoms with Crippen molar-refractivity contribution in [3.8, 4) is 0 Å². The number of carbonyl (C=O) groups excluding carboxylic acids is 1. The highest BCUT2D eigenvalue weighted by atomic mass is 16.1. The number of likely N-dealkylation sites (tertiary alicyclic amines) is 1. The monoisotopic (exact) mass is 249 g/mol. The number of pyridine rings is 1. The van der Waals surface area contributed by atoms with Crippen LogP contribution in [0.4, 0.5) is 5.82 Å². The second-order valence-electron chi connectivity index (χ2n) is 4.63. The molecule has 0 aromatic carbocycles. The third-order valence-electron chi connectivity index (χ3n) is 3.23. The maximum Gasteiger partial charge on any atom is 0.253 e. The molecule has 4 N–H and O–H groups in total. The van der Waals surface area contributed by atoms with Crippen LogP contribution in [0.1, 0.15) is 23.2 Å². The molecule has 6 heteroatoms. The normalized spacial score (nSPS) is 17.4. The molecule has 6 nitrogen and oxygen atoms in total. The Balaban J connectivity index is 1.90. The van der Waals surface area contributed by atoms with Gasteiger partial charge in [-0.25, -0.2) is 10.8 Å². The van der Waals surface area contributed by atoms with Crippen molar-refractivity contribution in [1.29, 1.82) is 0 Å². The van der Waals surface area contributed by atoms with Crippen molar-refractivity contribution in [3.63, 3.8) is 0 Å². The molecule has 1 saturated heterocycles. The lowest BCUT2D eigenvalue weighted by Crippen LogP contribution is -2.43. The maximum absolute atomic E-state index is 12.0. The van der Waals surface area contributed by atoms with E-state index in [9.17, 15) is 4.79 Å². The largest absolute Gasteiger partial charge is 0.349 e. The third-order valence-corrected chi connectivity index (χ3v) is 3.23. The number of nitrogens with zero attached hydrogens (tertiary/aromatic N) is 2. The quantitative estimate of drug-likeness (QED) is 0.526. The average Bonchev–Trinajstić information content (AvgIpc) is 2.41. The molecule has 0 bridgehead atoms. The van der Waals surface area contributed by atoms with Crippen LogP contribution in [0.15, 0.2) is 18.3 Å². The second kappa shape index (κ2) is 5.79. The Morgan fingerprint density at radius 3 is 2.72 bits per heavy atom. The Bertz CT molecular complexity index is 397. The van der Waals surface area contributed by atoms with Gasteiger partial charge in [-0.1, -0.05) is 0 Å². The number of rotatable bonds is 3. The van der Waals surface area contributed by atoms with E-state index in [0.717, 1.165) is 25.9 Å². The predicted octanol–water partition coefficient (Wildman–Crippen LogP) is 0.191. The summed E-state index contributed by atoms with van der Waals surface area (Å²) in [4.78, 5) is 18.3. The van der Waals surface area contributed by atoms with Gasteiger partial charge in [-0.2, -0.15) is 0 Å². The topological polar surface area (TPSA) is 83.3 Å². The van der Waals surface area contributed by atoms with Crippen molar-refractivity contribution >= 4 is 11.7 Å². The van der Waals surface area contributed by atoms with Gasteiger partial charge in [0.15, 0.2) is 0 Å². The first-order valence-electron chi connectivity index (χ1n) is 6.11. The maximum atomic E-state index is 12.0. The van der Waals surface area contributed by atoms with Crippen LogP contribution in [0.5, 0.6) is 0 Å². The van der Waals surface area contributed by atoms with Gasteiger partial charge < -0.3 is 15.6 Å². The molecule has 1 aromatic rings. The lowest BCUT2D eigenvalue weighted by atomic mass is 10.1. The van der Waals surface area contributed by atoms with Gasteiger partial charge in [-0.15, -0.1) is 0 Å². The van der Waals surface area contributed by atoms with Crippen LogP contribution in [0, 0.1) is 0 Å². The molecule has 0 unspecified atom stereocenters. The SMILES string of the molecule is CN1CCC(NC(=O)c2ccc(NN)nc2)CC1. The van der Waals surface area contributed by atoms with E-state index in [0.29, 0.717) is 11.4 Å². The summed E-state index contributed by atoms with van der Waals surface area (Å²) in [5.41, 5.74) is 2.99. The minimum atomic E-state index is -0.0689. The number of carbonyl (C=O) groups is 1. The van der Waals surface area contributed by atoms with Crippen LogP contribution in [-0.4, -0.2) is 42.0 Å². The molecule has 2 rings (SSSR count). The van der Waals surface area contributed by atoms with Gasteiger partial charge in [0.1, 0.15) is 5.82 Å². The van der Waals surface area contributed by atoms with Gasteiger partial charge in [0, 0.05) is 12.2 Å². The molecule has 2 heterocycles. The summed E-state index contributed by atoms with van der Waals surface area (Å²) in [6.07, 6.45) is 3.52. The summed E-state index contributed by atoms with van der Waals surface area (Å²) in [6.45, 7) is 2.05. The molecule has 1 amide bonds. The first-order valence-corrected chi connectivity index (χ1v) is 6.11. The van der Waals surface area contributed by atoms with Gasteiger partial charge in [0.25, 0.3) is 5.91 Å². The van der Waals surface area contributed by atoms with Crippen LogP contribution < -0.4 is 16.6 Å². The molecule has 18 heavy (non-hydrogen) atoms. The van der Waals surface area contributed by atoms with E-state index in [4.69, 9.17) is 5.84 Å². The molecule has 1 aliphatic heterocycles. The van der Waals surface area contributed by atoms with Crippen molar-refractivity contribution in [2.24, 2.45) is 5.84 Å². The zero-order valence-electron chi connectivity index (χ0n) is 10.5. The van der Waals surface area contributed by atoms with Crippen LogP contribution in [0.3, 0.4) is 0 Å². The summed E-state index contributed by atoms with van der Waals surface area (Å²) in [5.74, 6) is 5.70.